The Morgan fingerprint density at radius 3 is 2.44 bits per heavy atom. The second-order valence-electron chi connectivity index (χ2n) is 8.73. The van der Waals surface area contributed by atoms with Crippen molar-refractivity contribution < 1.29 is 24.5 Å². The minimum atomic E-state index is -0.206. The molecule has 0 bridgehead atoms. The number of ether oxygens (including phenoxy) is 1. The minimum Gasteiger partial charge on any atom is -0.504 e. The van der Waals surface area contributed by atoms with Gasteiger partial charge in [0, 0.05) is 18.5 Å². The van der Waals surface area contributed by atoms with Gasteiger partial charge in [-0.3, -0.25) is 9.59 Å². The van der Waals surface area contributed by atoms with Crippen LogP contribution in [-0.4, -0.2) is 35.2 Å². The van der Waals surface area contributed by atoms with E-state index < -0.39 is 0 Å². The Kier molecular flexibility index (Phi) is 16.1. The molecule has 0 aliphatic carbocycles. The number of rotatable bonds is 18. The molecule has 0 saturated heterocycles. The van der Waals surface area contributed by atoms with Crippen molar-refractivity contribution in [1.82, 2.24) is 5.32 Å². The Labute approximate surface area is 205 Å². The van der Waals surface area contributed by atoms with Crippen LogP contribution in [0.4, 0.5) is 0 Å². The van der Waals surface area contributed by atoms with Crippen molar-refractivity contribution in [3.8, 4) is 11.5 Å². The molecule has 1 amide bonds. The number of amides is 1. The van der Waals surface area contributed by atoms with Gasteiger partial charge in [0.05, 0.1) is 7.11 Å². The zero-order valence-electron chi connectivity index (χ0n) is 20.9. The number of esters is 1. The molecule has 1 atom stereocenters. The number of phenols is 2. The van der Waals surface area contributed by atoms with Gasteiger partial charge in [-0.25, -0.2) is 0 Å². The summed E-state index contributed by atoms with van der Waals surface area (Å²) < 4.78 is 4.65. The van der Waals surface area contributed by atoms with Crippen LogP contribution in [0.25, 0.3) is 6.08 Å². The molecule has 1 aromatic rings. The van der Waals surface area contributed by atoms with Crippen LogP contribution >= 0.6 is 0 Å². The zero-order valence-corrected chi connectivity index (χ0v) is 20.9. The van der Waals surface area contributed by atoms with Crippen molar-refractivity contribution >= 4 is 18.0 Å². The highest BCUT2D eigenvalue weighted by Gasteiger charge is 2.09. The summed E-state index contributed by atoms with van der Waals surface area (Å²) in [4.78, 5) is 23.5. The number of allylic oxidation sites excluding steroid dienone is 1. The molecule has 1 rings (SSSR count). The molecule has 1 unspecified atom stereocenters. The third-order valence-electron chi connectivity index (χ3n) is 5.75. The standard InChI is InChI=1S/C28H43NO5/c1-3-4-5-12-15-24(16-13-10-8-6-7-9-11-14-17-28(33)34-2)29-27(32)21-19-23-18-20-25(30)26(31)22-23/h10,13,18-22,24,30-31H,3-9,11-12,14-17H2,1-2H3,(H,29,32)/b13-10-,21-19+. The Morgan fingerprint density at radius 2 is 1.71 bits per heavy atom. The number of hydrogen-bond acceptors (Lipinski definition) is 5. The molecule has 0 radical (unpaired) electrons. The van der Waals surface area contributed by atoms with E-state index >= 15 is 0 Å². The van der Waals surface area contributed by atoms with Crippen molar-refractivity contribution in [3.05, 3.63) is 42.0 Å². The van der Waals surface area contributed by atoms with E-state index in [4.69, 9.17) is 0 Å². The van der Waals surface area contributed by atoms with Crippen LogP contribution in [0.3, 0.4) is 0 Å². The van der Waals surface area contributed by atoms with Crippen LogP contribution in [0, 0.1) is 0 Å². The van der Waals surface area contributed by atoms with E-state index in [2.05, 4.69) is 29.1 Å². The summed E-state index contributed by atoms with van der Waals surface area (Å²) in [7, 11) is 1.43. The summed E-state index contributed by atoms with van der Waals surface area (Å²) in [5, 5.41) is 22.1. The largest absolute Gasteiger partial charge is 0.504 e. The highest BCUT2D eigenvalue weighted by molar-refractivity contribution is 5.92. The van der Waals surface area contributed by atoms with Crippen molar-refractivity contribution in [2.45, 2.75) is 96.4 Å². The molecule has 0 saturated carbocycles. The molecule has 0 aromatic heterocycles. The van der Waals surface area contributed by atoms with Gasteiger partial charge in [0.15, 0.2) is 11.5 Å². The van der Waals surface area contributed by atoms with Gasteiger partial charge in [0.2, 0.25) is 5.91 Å². The van der Waals surface area contributed by atoms with Gasteiger partial charge in [-0.1, -0.05) is 70.1 Å². The predicted molar refractivity (Wildman–Crippen MR) is 138 cm³/mol. The number of nitrogens with one attached hydrogen (secondary N) is 1. The quantitative estimate of drug-likeness (QED) is 0.0752. The normalized spacial score (nSPS) is 12.3. The molecule has 6 heteroatoms. The molecule has 0 spiro atoms. The van der Waals surface area contributed by atoms with Crippen LogP contribution in [-0.2, 0) is 14.3 Å². The SMILES string of the molecule is CCCCCCC(C/C=C\CCCCCCCC(=O)OC)NC(=O)/C=C/c1ccc(O)c(O)c1. The van der Waals surface area contributed by atoms with Crippen LogP contribution in [0.1, 0.15) is 96.0 Å². The maximum atomic E-state index is 12.4. The molecule has 0 aliphatic heterocycles. The molecule has 6 nitrogen and oxygen atoms in total. The van der Waals surface area contributed by atoms with Crippen LogP contribution in [0.2, 0.25) is 0 Å². The van der Waals surface area contributed by atoms with E-state index in [0.717, 1.165) is 57.8 Å². The summed E-state index contributed by atoms with van der Waals surface area (Å²) in [6.45, 7) is 2.19. The first-order chi connectivity index (χ1) is 16.5. The molecule has 0 fully saturated rings. The maximum absolute atomic E-state index is 12.4. The number of aromatic hydroxyl groups is 2. The Bertz CT molecular complexity index is 772. The smallest absolute Gasteiger partial charge is 0.305 e. The van der Waals surface area contributed by atoms with Crippen molar-refractivity contribution in [2.75, 3.05) is 7.11 Å². The van der Waals surface area contributed by atoms with Crippen molar-refractivity contribution in [2.24, 2.45) is 0 Å². The first-order valence-electron chi connectivity index (χ1n) is 12.7. The molecule has 0 aliphatic rings. The monoisotopic (exact) mass is 473 g/mol. The fourth-order valence-corrected chi connectivity index (χ4v) is 3.67. The lowest BCUT2D eigenvalue weighted by atomic mass is 10.0. The lowest BCUT2D eigenvalue weighted by Gasteiger charge is -2.16. The second kappa shape index (κ2) is 18.6. The molecule has 1 aromatic carbocycles. The molecule has 190 valence electrons. The fraction of sp³-hybridized carbons (Fsp3) is 0.571. The Balaban J connectivity index is 2.38. The van der Waals surface area contributed by atoms with E-state index in [1.807, 2.05) is 0 Å². The Morgan fingerprint density at radius 1 is 0.971 bits per heavy atom. The number of methoxy groups -OCH3 is 1. The fourth-order valence-electron chi connectivity index (χ4n) is 3.67. The van der Waals surface area contributed by atoms with E-state index in [0.29, 0.717) is 12.0 Å². The van der Waals surface area contributed by atoms with Crippen molar-refractivity contribution in [1.29, 1.82) is 0 Å². The zero-order chi connectivity index (χ0) is 25.0. The number of carbonyl (C=O) groups is 2. The minimum absolute atomic E-state index is 0.0943. The van der Waals surface area contributed by atoms with Gasteiger partial charge in [-0.2, -0.15) is 0 Å². The topological polar surface area (TPSA) is 95.9 Å². The predicted octanol–water partition coefficient (Wildman–Crippen LogP) is 6.42. The summed E-state index contributed by atoms with van der Waals surface area (Å²) in [6.07, 6.45) is 20.8. The highest BCUT2D eigenvalue weighted by atomic mass is 16.5. The average molecular weight is 474 g/mol. The van der Waals surface area contributed by atoms with E-state index in [1.165, 1.54) is 44.6 Å². The van der Waals surface area contributed by atoms with Crippen LogP contribution in [0.15, 0.2) is 36.4 Å². The van der Waals surface area contributed by atoms with Crippen molar-refractivity contribution in [3.63, 3.8) is 0 Å². The van der Waals surface area contributed by atoms with Gasteiger partial charge < -0.3 is 20.3 Å². The summed E-state index contributed by atoms with van der Waals surface area (Å²) in [5.74, 6) is -0.676. The number of phenolic OH excluding ortho intramolecular Hbond substituents is 2. The molecular formula is C28H43NO5. The van der Waals surface area contributed by atoms with Gasteiger partial charge in [-0.05, 0) is 55.9 Å². The van der Waals surface area contributed by atoms with Gasteiger partial charge >= 0.3 is 5.97 Å². The van der Waals surface area contributed by atoms with Crippen LogP contribution < -0.4 is 5.32 Å². The second-order valence-corrected chi connectivity index (χ2v) is 8.73. The molecule has 3 N–H and O–H groups in total. The highest BCUT2D eigenvalue weighted by Crippen LogP contribution is 2.25. The summed E-state index contributed by atoms with van der Waals surface area (Å²) in [5.41, 5.74) is 0.648. The number of carbonyl (C=O) groups excluding carboxylic acids is 2. The number of hydrogen-bond donors (Lipinski definition) is 3. The molecular weight excluding hydrogens is 430 g/mol. The molecule has 34 heavy (non-hydrogen) atoms. The third-order valence-corrected chi connectivity index (χ3v) is 5.75. The van der Waals surface area contributed by atoms with E-state index in [1.54, 1.807) is 12.1 Å². The lowest BCUT2D eigenvalue weighted by molar-refractivity contribution is -0.140. The number of benzene rings is 1. The van der Waals surface area contributed by atoms with E-state index in [-0.39, 0.29) is 29.4 Å². The summed E-state index contributed by atoms with van der Waals surface area (Å²) >= 11 is 0. The third kappa shape index (κ3) is 14.4. The summed E-state index contributed by atoms with van der Waals surface area (Å²) in [6, 6.07) is 4.56. The van der Waals surface area contributed by atoms with Crippen LogP contribution in [0.5, 0.6) is 11.5 Å². The maximum Gasteiger partial charge on any atom is 0.305 e. The van der Waals surface area contributed by atoms with Gasteiger partial charge in [-0.15, -0.1) is 0 Å². The molecule has 0 heterocycles. The van der Waals surface area contributed by atoms with E-state index in [9.17, 15) is 19.8 Å². The van der Waals surface area contributed by atoms with Gasteiger partial charge in [0.1, 0.15) is 0 Å². The lowest BCUT2D eigenvalue weighted by Crippen LogP contribution is -2.33. The number of unbranched alkanes of at least 4 members (excludes halogenated alkanes) is 8. The first kappa shape index (κ1) is 29.3. The Hall–Kier alpha value is -2.76. The average Bonchev–Trinajstić information content (AvgIpc) is 2.83. The van der Waals surface area contributed by atoms with Gasteiger partial charge in [0.25, 0.3) is 0 Å². The first-order valence-corrected chi connectivity index (χ1v) is 12.7.